The Morgan fingerprint density at radius 1 is 0.824 bits per heavy atom. The zero-order valence-corrected chi connectivity index (χ0v) is 33.4. The van der Waals surface area contributed by atoms with Gasteiger partial charge in [0.05, 0.1) is 23.4 Å². The van der Waals surface area contributed by atoms with Crippen LogP contribution in [0, 0.1) is 23.7 Å². The van der Waals surface area contributed by atoms with Crippen molar-refractivity contribution in [2.24, 2.45) is 23.7 Å². The summed E-state index contributed by atoms with van der Waals surface area (Å²) >= 11 is 6.89. The summed E-state index contributed by atoms with van der Waals surface area (Å²) in [7, 11) is 0. The van der Waals surface area contributed by atoms with Gasteiger partial charge in [-0.1, -0.05) is 58.0 Å². The van der Waals surface area contributed by atoms with Crippen molar-refractivity contribution in [1.82, 2.24) is 20.9 Å². The highest BCUT2D eigenvalue weighted by Crippen LogP contribution is 2.22. The molecule has 0 heterocycles. The Hall–Kier alpha value is -2.82. The second-order valence-electron chi connectivity index (χ2n) is 14.9. The summed E-state index contributed by atoms with van der Waals surface area (Å²) < 4.78 is 0. The number of carbonyl (C=O) groups excluding carboxylic acids is 5. The highest BCUT2D eigenvalue weighted by Gasteiger charge is 2.33. The lowest BCUT2D eigenvalue weighted by Crippen LogP contribution is -2.48. The molecule has 0 aliphatic heterocycles. The minimum atomic E-state index is -1.04. The highest BCUT2D eigenvalue weighted by atomic mass is 35.5. The Balaban J connectivity index is 3.21. The van der Waals surface area contributed by atoms with Crippen LogP contribution in [0.3, 0.4) is 0 Å². The van der Waals surface area contributed by atoms with E-state index in [0.717, 1.165) is 25.1 Å². The van der Waals surface area contributed by atoms with Crippen LogP contribution >= 0.6 is 11.6 Å². The third-order valence-electron chi connectivity index (χ3n) is 9.46. The molecule has 0 saturated carbocycles. The molecule has 11 heteroatoms. The third-order valence-corrected chi connectivity index (χ3v) is 10.0. The maximum atomic E-state index is 14.1. The van der Waals surface area contributed by atoms with E-state index in [9.17, 15) is 29.1 Å². The molecule has 3 amide bonds. The number of aliphatic hydroxyl groups excluding tert-OH is 1. The Labute approximate surface area is 312 Å². The summed E-state index contributed by atoms with van der Waals surface area (Å²) in [5, 5.41) is 18.4. The molecule has 4 N–H and O–H groups in total. The smallest absolute Gasteiger partial charge is 0.226 e. The van der Waals surface area contributed by atoms with Gasteiger partial charge in [-0.2, -0.15) is 0 Å². The normalized spacial score (nSPS) is 15.8. The quantitative estimate of drug-likeness (QED) is 0.0731. The summed E-state index contributed by atoms with van der Waals surface area (Å²) in [6, 6.07) is 8.60. The molecule has 51 heavy (non-hydrogen) atoms. The number of nitrogens with one attached hydrogen (secondary N) is 3. The average Bonchev–Trinajstić information content (AvgIpc) is 3.05. The number of aliphatic hydroxyl groups is 1. The van der Waals surface area contributed by atoms with Crippen LogP contribution in [0.15, 0.2) is 30.3 Å². The molecule has 0 aliphatic rings. The molecule has 7 atom stereocenters. The number of ketones is 2. The Morgan fingerprint density at radius 3 is 2.02 bits per heavy atom. The Morgan fingerprint density at radius 2 is 1.47 bits per heavy atom. The fourth-order valence-electron chi connectivity index (χ4n) is 6.28. The number of hydrogen-bond donors (Lipinski definition) is 4. The number of carbonyl (C=O) groups is 5. The van der Waals surface area contributed by atoms with Gasteiger partial charge in [0.15, 0.2) is 5.78 Å². The number of rotatable bonds is 26. The number of benzene rings is 1. The molecule has 0 fully saturated rings. The first kappa shape index (κ1) is 46.2. The zero-order chi connectivity index (χ0) is 38.7. The first-order chi connectivity index (χ1) is 24.0. The lowest BCUT2D eigenvalue weighted by Gasteiger charge is -2.28. The van der Waals surface area contributed by atoms with Crippen LogP contribution in [0.5, 0.6) is 0 Å². The summed E-state index contributed by atoms with van der Waals surface area (Å²) in [5.74, 6) is -3.11. The van der Waals surface area contributed by atoms with Gasteiger partial charge in [-0.15, -0.1) is 11.6 Å². The van der Waals surface area contributed by atoms with Crippen LogP contribution in [0.4, 0.5) is 0 Å². The van der Waals surface area contributed by atoms with E-state index in [-0.39, 0.29) is 48.6 Å². The zero-order valence-electron chi connectivity index (χ0n) is 32.7. The second-order valence-corrected chi connectivity index (χ2v) is 15.4. The van der Waals surface area contributed by atoms with E-state index >= 15 is 0 Å². The molecule has 0 radical (unpaired) electrons. The van der Waals surface area contributed by atoms with Gasteiger partial charge in [-0.05, 0) is 91.3 Å². The average molecular weight is 735 g/mol. The van der Waals surface area contributed by atoms with E-state index in [0.29, 0.717) is 38.3 Å². The highest BCUT2D eigenvalue weighted by molar-refractivity contribution is 6.21. The summed E-state index contributed by atoms with van der Waals surface area (Å²) in [4.78, 5) is 68.3. The molecule has 1 rings (SSSR count). The van der Waals surface area contributed by atoms with E-state index in [4.69, 9.17) is 11.6 Å². The molecule has 0 bridgehead atoms. The SMILES string of the molecule is CCNC(=O)C(CC(=O)[C@H](CCCCN(CC)C(C)C)NC(=O)[C@H](Cc1ccccc1)CC(Cl)[C@H](C)NC(=O)[C@H](C)CC(=O)CC(C)C)[C@@H](C)O. The number of halogens is 1. The number of Topliss-reactive ketones (excluding diaryl/α,β-unsaturated/α-hetero) is 2. The number of amides is 3. The Bertz CT molecular complexity index is 1210. The van der Waals surface area contributed by atoms with Gasteiger partial charge < -0.3 is 26.0 Å². The third kappa shape index (κ3) is 18.0. The monoisotopic (exact) mass is 734 g/mol. The molecular formula is C40H67ClN4O6. The molecule has 0 aromatic heterocycles. The molecule has 290 valence electrons. The van der Waals surface area contributed by atoms with Gasteiger partial charge in [-0.25, -0.2) is 0 Å². The van der Waals surface area contributed by atoms with Gasteiger partial charge in [0.2, 0.25) is 17.7 Å². The molecule has 1 aromatic rings. The summed E-state index contributed by atoms with van der Waals surface area (Å²) in [6.45, 7) is 19.3. The van der Waals surface area contributed by atoms with Crippen molar-refractivity contribution in [3.8, 4) is 0 Å². The molecule has 1 aromatic carbocycles. The number of alkyl halides is 1. The fraction of sp³-hybridized carbons (Fsp3) is 0.725. The van der Waals surface area contributed by atoms with Crippen LogP contribution in [-0.2, 0) is 30.4 Å². The predicted molar refractivity (Wildman–Crippen MR) is 205 cm³/mol. The van der Waals surface area contributed by atoms with E-state index in [1.165, 1.54) is 6.92 Å². The lowest BCUT2D eigenvalue weighted by atomic mass is 9.89. The van der Waals surface area contributed by atoms with Crippen molar-refractivity contribution < 1.29 is 29.1 Å². The van der Waals surface area contributed by atoms with Crippen molar-refractivity contribution in [2.45, 2.75) is 143 Å². The van der Waals surface area contributed by atoms with Crippen molar-refractivity contribution in [3.63, 3.8) is 0 Å². The molecule has 0 aliphatic carbocycles. The van der Waals surface area contributed by atoms with Gasteiger partial charge in [0.25, 0.3) is 0 Å². The van der Waals surface area contributed by atoms with Gasteiger partial charge in [0.1, 0.15) is 5.78 Å². The Kier molecular flexibility index (Phi) is 22.1. The van der Waals surface area contributed by atoms with Crippen LogP contribution in [0.25, 0.3) is 0 Å². The molecular weight excluding hydrogens is 668 g/mol. The fourth-order valence-corrected chi connectivity index (χ4v) is 6.56. The van der Waals surface area contributed by atoms with E-state index < -0.39 is 47.2 Å². The molecule has 0 spiro atoms. The van der Waals surface area contributed by atoms with Gasteiger partial charge in [0, 0.05) is 49.7 Å². The topological polar surface area (TPSA) is 145 Å². The number of hydrogen-bond acceptors (Lipinski definition) is 7. The molecule has 10 nitrogen and oxygen atoms in total. The predicted octanol–water partition coefficient (Wildman–Crippen LogP) is 5.47. The van der Waals surface area contributed by atoms with Crippen LogP contribution < -0.4 is 16.0 Å². The van der Waals surface area contributed by atoms with Crippen molar-refractivity contribution in [2.75, 3.05) is 19.6 Å². The van der Waals surface area contributed by atoms with Crippen molar-refractivity contribution >= 4 is 40.9 Å². The number of nitrogens with zero attached hydrogens (tertiary/aromatic N) is 1. The summed E-state index contributed by atoms with van der Waals surface area (Å²) in [5.41, 5.74) is 0.928. The maximum absolute atomic E-state index is 14.1. The van der Waals surface area contributed by atoms with Crippen LogP contribution in [-0.4, -0.2) is 88.5 Å². The van der Waals surface area contributed by atoms with Crippen LogP contribution in [0.1, 0.15) is 113 Å². The first-order valence-corrected chi connectivity index (χ1v) is 19.5. The first-order valence-electron chi connectivity index (χ1n) is 19.0. The maximum Gasteiger partial charge on any atom is 0.226 e. The van der Waals surface area contributed by atoms with E-state index in [2.05, 4.69) is 41.6 Å². The summed E-state index contributed by atoms with van der Waals surface area (Å²) in [6.07, 6.45) is 1.83. The van der Waals surface area contributed by atoms with Gasteiger partial charge in [-0.3, -0.25) is 24.0 Å². The minimum Gasteiger partial charge on any atom is -0.393 e. The molecule has 0 saturated heterocycles. The standard InChI is InChI=1S/C40H67ClN4O6/c1-10-42-40(51)34(30(9)46)25-37(48)36(19-15-16-20-45(11-2)27(5)6)44-39(50)32(23-31-17-13-12-14-18-31)24-35(41)29(8)43-38(49)28(7)22-33(47)21-26(3)4/h12-14,17-18,26-30,32,34-36,46H,10-11,15-16,19-25H2,1-9H3,(H,42,51)(H,43,49)(H,44,50)/t28-,29+,30-,32-,34?,35?,36+/m1/s1. The van der Waals surface area contributed by atoms with Crippen LogP contribution in [0.2, 0.25) is 0 Å². The molecule has 2 unspecified atom stereocenters. The van der Waals surface area contributed by atoms with Gasteiger partial charge >= 0.3 is 0 Å². The number of unbranched alkanes of at least 4 members (excludes halogenated alkanes) is 1. The largest absolute Gasteiger partial charge is 0.393 e. The van der Waals surface area contributed by atoms with E-state index in [1.807, 2.05) is 44.2 Å². The van der Waals surface area contributed by atoms with Crippen molar-refractivity contribution in [3.05, 3.63) is 35.9 Å². The lowest BCUT2D eigenvalue weighted by molar-refractivity contribution is -0.135. The van der Waals surface area contributed by atoms with Crippen molar-refractivity contribution in [1.29, 1.82) is 0 Å². The minimum absolute atomic E-state index is 0.0415. The van der Waals surface area contributed by atoms with E-state index in [1.54, 1.807) is 20.8 Å². The second kappa shape index (κ2) is 24.4.